The van der Waals surface area contributed by atoms with Crippen molar-refractivity contribution in [2.24, 2.45) is 5.73 Å². The second-order valence-corrected chi connectivity index (χ2v) is 4.06. The Labute approximate surface area is 89.6 Å². The van der Waals surface area contributed by atoms with Crippen LogP contribution in [0.5, 0.6) is 0 Å². The molecule has 0 saturated carbocycles. The zero-order valence-electron chi connectivity index (χ0n) is 9.15. The highest BCUT2D eigenvalue weighted by atomic mass is 16.4. The molecule has 5 heteroatoms. The molecule has 0 aromatic carbocycles. The van der Waals surface area contributed by atoms with Crippen LogP contribution in [0.15, 0.2) is 4.42 Å². The number of piperidine rings is 1. The summed E-state index contributed by atoms with van der Waals surface area (Å²) in [6.07, 6.45) is 4.28. The molecule has 84 valence electrons. The molecule has 1 aromatic heterocycles. The van der Waals surface area contributed by atoms with Crippen LogP contribution in [-0.2, 0) is 6.42 Å². The number of likely N-dealkylation sites (tertiary alicyclic amines) is 1. The molecule has 2 rings (SSSR count). The molecule has 1 aromatic rings. The van der Waals surface area contributed by atoms with E-state index >= 15 is 0 Å². The molecular weight excluding hydrogens is 192 g/mol. The lowest BCUT2D eigenvalue weighted by atomic mass is 10.0. The van der Waals surface area contributed by atoms with Crippen molar-refractivity contribution in [1.29, 1.82) is 0 Å². The number of rotatable bonds is 3. The van der Waals surface area contributed by atoms with Crippen molar-refractivity contribution in [1.82, 2.24) is 15.1 Å². The van der Waals surface area contributed by atoms with Gasteiger partial charge in [0.15, 0.2) is 0 Å². The highest BCUT2D eigenvalue weighted by Gasteiger charge is 2.25. The van der Waals surface area contributed by atoms with Crippen LogP contribution in [0, 0.1) is 0 Å². The first kappa shape index (κ1) is 10.6. The maximum Gasteiger partial charge on any atom is 0.233 e. The zero-order chi connectivity index (χ0) is 10.7. The Morgan fingerprint density at radius 1 is 1.47 bits per heavy atom. The Bertz CT molecular complexity index is 312. The lowest BCUT2D eigenvalue weighted by Crippen LogP contribution is -2.29. The van der Waals surface area contributed by atoms with Gasteiger partial charge in [0.05, 0.1) is 6.04 Å². The SMILES string of the molecule is CN1CCCC[C@@H]1c1nnc(CCN)o1. The Morgan fingerprint density at radius 2 is 2.33 bits per heavy atom. The van der Waals surface area contributed by atoms with Gasteiger partial charge in [0.2, 0.25) is 11.8 Å². The number of nitrogens with two attached hydrogens (primary N) is 1. The Hall–Kier alpha value is -0.940. The molecule has 1 aliphatic rings. The van der Waals surface area contributed by atoms with Crippen LogP contribution in [0.3, 0.4) is 0 Å². The lowest BCUT2D eigenvalue weighted by Gasteiger charge is -2.29. The molecule has 1 aliphatic heterocycles. The monoisotopic (exact) mass is 210 g/mol. The van der Waals surface area contributed by atoms with Crippen LogP contribution in [-0.4, -0.2) is 35.2 Å². The van der Waals surface area contributed by atoms with Gasteiger partial charge in [0.1, 0.15) is 0 Å². The van der Waals surface area contributed by atoms with Gasteiger partial charge in [0, 0.05) is 13.0 Å². The van der Waals surface area contributed by atoms with Gasteiger partial charge in [-0.1, -0.05) is 6.42 Å². The fraction of sp³-hybridized carbons (Fsp3) is 0.800. The minimum absolute atomic E-state index is 0.303. The smallest absolute Gasteiger partial charge is 0.233 e. The molecule has 1 fully saturated rings. The number of aromatic nitrogens is 2. The third kappa shape index (κ3) is 2.35. The van der Waals surface area contributed by atoms with E-state index in [1.165, 1.54) is 12.8 Å². The predicted molar refractivity (Wildman–Crippen MR) is 56.3 cm³/mol. The summed E-state index contributed by atoms with van der Waals surface area (Å²) in [6.45, 7) is 1.67. The normalized spacial score (nSPS) is 23.2. The molecule has 0 unspecified atom stereocenters. The number of hydrogen-bond acceptors (Lipinski definition) is 5. The fourth-order valence-electron chi connectivity index (χ4n) is 2.01. The number of nitrogens with zero attached hydrogens (tertiary/aromatic N) is 3. The van der Waals surface area contributed by atoms with Crippen LogP contribution in [0.1, 0.15) is 37.1 Å². The molecule has 1 saturated heterocycles. The van der Waals surface area contributed by atoms with E-state index in [1.54, 1.807) is 0 Å². The van der Waals surface area contributed by atoms with E-state index in [9.17, 15) is 0 Å². The molecule has 1 atom stereocenters. The Kier molecular flexibility index (Phi) is 3.33. The molecular formula is C10H18N4O. The van der Waals surface area contributed by atoms with Crippen molar-refractivity contribution in [2.45, 2.75) is 31.7 Å². The van der Waals surface area contributed by atoms with Gasteiger partial charge in [-0.25, -0.2) is 0 Å². The fourth-order valence-corrected chi connectivity index (χ4v) is 2.01. The molecule has 0 spiro atoms. The third-order valence-electron chi connectivity index (χ3n) is 2.90. The lowest BCUT2D eigenvalue weighted by molar-refractivity contribution is 0.157. The Balaban J connectivity index is 2.06. The highest BCUT2D eigenvalue weighted by Crippen LogP contribution is 2.28. The van der Waals surface area contributed by atoms with Crippen LogP contribution in [0.4, 0.5) is 0 Å². The predicted octanol–water partition coefficient (Wildman–Crippen LogP) is 0.728. The van der Waals surface area contributed by atoms with E-state index in [1.807, 2.05) is 0 Å². The summed E-state index contributed by atoms with van der Waals surface area (Å²) >= 11 is 0. The van der Waals surface area contributed by atoms with Gasteiger partial charge in [-0.15, -0.1) is 10.2 Å². The van der Waals surface area contributed by atoms with Crippen LogP contribution >= 0.6 is 0 Å². The summed E-state index contributed by atoms with van der Waals surface area (Å²) < 4.78 is 5.59. The summed E-state index contributed by atoms with van der Waals surface area (Å²) in [5.74, 6) is 1.41. The van der Waals surface area contributed by atoms with Crippen LogP contribution < -0.4 is 5.73 Å². The van der Waals surface area contributed by atoms with Gasteiger partial charge in [-0.2, -0.15) is 0 Å². The van der Waals surface area contributed by atoms with Crippen LogP contribution in [0.25, 0.3) is 0 Å². The summed E-state index contributed by atoms with van der Waals surface area (Å²) in [4.78, 5) is 2.28. The quantitative estimate of drug-likeness (QED) is 0.796. The van der Waals surface area contributed by atoms with E-state index in [-0.39, 0.29) is 0 Å². The van der Waals surface area contributed by atoms with Crippen molar-refractivity contribution in [3.8, 4) is 0 Å². The van der Waals surface area contributed by atoms with Gasteiger partial charge in [-0.05, 0) is 26.4 Å². The molecule has 5 nitrogen and oxygen atoms in total. The first-order chi connectivity index (χ1) is 7.31. The molecule has 0 aliphatic carbocycles. The summed E-state index contributed by atoms with van der Waals surface area (Å²) in [5, 5.41) is 8.09. The van der Waals surface area contributed by atoms with Crippen molar-refractivity contribution >= 4 is 0 Å². The second kappa shape index (κ2) is 4.72. The first-order valence-electron chi connectivity index (χ1n) is 5.54. The van der Waals surface area contributed by atoms with E-state index in [0.717, 1.165) is 18.9 Å². The largest absolute Gasteiger partial charge is 0.424 e. The summed E-state index contributed by atoms with van der Waals surface area (Å²) in [5.41, 5.74) is 5.44. The summed E-state index contributed by atoms with van der Waals surface area (Å²) in [6, 6.07) is 0.303. The highest BCUT2D eigenvalue weighted by molar-refractivity contribution is 4.92. The Morgan fingerprint density at radius 3 is 3.07 bits per heavy atom. The van der Waals surface area contributed by atoms with E-state index in [4.69, 9.17) is 10.2 Å². The molecule has 15 heavy (non-hydrogen) atoms. The third-order valence-corrected chi connectivity index (χ3v) is 2.90. The van der Waals surface area contributed by atoms with Gasteiger partial charge < -0.3 is 10.2 Å². The van der Waals surface area contributed by atoms with Crippen molar-refractivity contribution in [2.75, 3.05) is 20.1 Å². The first-order valence-corrected chi connectivity index (χ1v) is 5.54. The zero-order valence-corrected chi connectivity index (χ0v) is 9.15. The van der Waals surface area contributed by atoms with Crippen molar-refractivity contribution in [3.05, 3.63) is 11.8 Å². The van der Waals surface area contributed by atoms with Crippen LogP contribution in [0.2, 0.25) is 0 Å². The van der Waals surface area contributed by atoms with E-state index < -0.39 is 0 Å². The van der Waals surface area contributed by atoms with Crippen molar-refractivity contribution < 1.29 is 4.42 Å². The van der Waals surface area contributed by atoms with E-state index in [0.29, 0.717) is 24.9 Å². The molecule has 0 amide bonds. The molecule has 2 N–H and O–H groups in total. The molecule has 0 radical (unpaired) electrons. The summed E-state index contributed by atoms with van der Waals surface area (Å²) in [7, 11) is 2.11. The topological polar surface area (TPSA) is 68.2 Å². The van der Waals surface area contributed by atoms with Gasteiger partial charge in [-0.3, -0.25) is 4.90 Å². The molecule has 2 heterocycles. The molecule has 0 bridgehead atoms. The average Bonchev–Trinajstić information content (AvgIpc) is 2.68. The number of hydrogen-bond donors (Lipinski definition) is 1. The average molecular weight is 210 g/mol. The van der Waals surface area contributed by atoms with E-state index in [2.05, 4.69) is 22.1 Å². The standard InChI is InChI=1S/C10H18N4O/c1-14-7-3-2-4-8(14)10-13-12-9(15-10)5-6-11/h8H,2-7,11H2,1H3/t8-/m1/s1. The van der Waals surface area contributed by atoms with Crippen molar-refractivity contribution in [3.63, 3.8) is 0 Å². The van der Waals surface area contributed by atoms with Gasteiger partial charge >= 0.3 is 0 Å². The maximum atomic E-state index is 5.59. The second-order valence-electron chi connectivity index (χ2n) is 4.06. The van der Waals surface area contributed by atoms with Gasteiger partial charge in [0.25, 0.3) is 0 Å². The minimum Gasteiger partial charge on any atom is -0.424 e. The maximum absolute atomic E-state index is 5.59. The minimum atomic E-state index is 0.303.